The van der Waals surface area contributed by atoms with Crippen molar-refractivity contribution in [3.63, 3.8) is 0 Å². The summed E-state index contributed by atoms with van der Waals surface area (Å²) in [5.74, 6) is -0.851. The van der Waals surface area contributed by atoms with Crippen LogP contribution in [0.2, 0.25) is 0 Å². The van der Waals surface area contributed by atoms with E-state index < -0.39 is 5.97 Å². The Balaban J connectivity index is 2.63. The van der Waals surface area contributed by atoms with Gasteiger partial charge in [-0.1, -0.05) is 39.8 Å². The number of benzene rings is 1. The Morgan fingerprint density at radius 1 is 1.20 bits per heavy atom. The van der Waals surface area contributed by atoms with Crippen molar-refractivity contribution in [3.8, 4) is 0 Å². The Hall–Kier alpha value is -1.84. The quantitative estimate of drug-likeness (QED) is 0.863. The van der Waals surface area contributed by atoms with Gasteiger partial charge < -0.3 is 10.4 Å². The first-order chi connectivity index (χ1) is 9.17. The molecule has 0 aliphatic heterocycles. The molecule has 0 aliphatic rings. The number of carbonyl (C=O) groups excluding carboxylic acids is 1. The van der Waals surface area contributed by atoms with Crippen molar-refractivity contribution in [2.24, 2.45) is 5.41 Å². The van der Waals surface area contributed by atoms with Crippen molar-refractivity contribution in [1.82, 2.24) is 0 Å². The van der Waals surface area contributed by atoms with Gasteiger partial charge in [0.2, 0.25) is 5.91 Å². The monoisotopic (exact) mass is 277 g/mol. The summed E-state index contributed by atoms with van der Waals surface area (Å²) in [5.41, 5.74) is 1.66. The lowest BCUT2D eigenvalue weighted by atomic mass is 9.92. The molecule has 0 radical (unpaired) electrons. The number of hydrogen-bond donors (Lipinski definition) is 2. The SMILES string of the molecule is CC(CC(=O)O)c1ccc(NC(=O)CC(C)(C)C)cc1. The first kappa shape index (κ1) is 16.2. The number of rotatable bonds is 5. The van der Waals surface area contributed by atoms with Crippen LogP contribution in [0.5, 0.6) is 0 Å². The molecule has 0 fully saturated rings. The van der Waals surface area contributed by atoms with Gasteiger partial charge in [-0.25, -0.2) is 0 Å². The van der Waals surface area contributed by atoms with Crippen molar-refractivity contribution in [2.45, 2.75) is 46.5 Å². The fourth-order valence-electron chi connectivity index (χ4n) is 1.96. The molecule has 1 aromatic carbocycles. The molecule has 4 nitrogen and oxygen atoms in total. The third-order valence-electron chi connectivity index (χ3n) is 2.94. The molecule has 1 rings (SSSR count). The Kier molecular flexibility index (Phi) is 5.31. The number of carboxylic acids is 1. The largest absolute Gasteiger partial charge is 0.481 e. The highest BCUT2D eigenvalue weighted by molar-refractivity contribution is 5.91. The number of nitrogens with one attached hydrogen (secondary N) is 1. The van der Waals surface area contributed by atoms with Gasteiger partial charge >= 0.3 is 5.97 Å². The average Bonchev–Trinajstić information content (AvgIpc) is 2.26. The van der Waals surface area contributed by atoms with E-state index in [0.717, 1.165) is 11.3 Å². The fraction of sp³-hybridized carbons (Fsp3) is 0.500. The van der Waals surface area contributed by atoms with E-state index in [9.17, 15) is 9.59 Å². The molecular formula is C16H23NO3. The average molecular weight is 277 g/mol. The van der Waals surface area contributed by atoms with E-state index in [4.69, 9.17) is 5.11 Å². The third-order valence-corrected chi connectivity index (χ3v) is 2.94. The minimum absolute atomic E-state index is 0.0103. The molecule has 110 valence electrons. The van der Waals surface area contributed by atoms with Crippen LogP contribution in [-0.2, 0) is 9.59 Å². The first-order valence-corrected chi connectivity index (χ1v) is 6.79. The summed E-state index contributed by atoms with van der Waals surface area (Å²) in [5, 5.41) is 11.6. The highest BCUT2D eigenvalue weighted by atomic mass is 16.4. The van der Waals surface area contributed by atoms with Gasteiger partial charge in [0.25, 0.3) is 0 Å². The lowest BCUT2D eigenvalue weighted by Crippen LogP contribution is -2.19. The van der Waals surface area contributed by atoms with Gasteiger partial charge in [-0.05, 0) is 29.0 Å². The van der Waals surface area contributed by atoms with E-state index in [2.05, 4.69) is 5.32 Å². The number of carboxylic acid groups (broad SMARTS) is 1. The second-order valence-electron chi connectivity index (χ2n) is 6.41. The topological polar surface area (TPSA) is 66.4 Å². The van der Waals surface area contributed by atoms with Gasteiger partial charge in [0.15, 0.2) is 0 Å². The molecule has 1 amide bonds. The molecule has 4 heteroatoms. The van der Waals surface area contributed by atoms with Crippen molar-refractivity contribution in [3.05, 3.63) is 29.8 Å². The Bertz CT molecular complexity index is 471. The van der Waals surface area contributed by atoms with Crippen LogP contribution in [0.15, 0.2) is 24.3 Å². The Labute approximate surface area is 120 Å². The molecule has 1 atom stereocenters. The summed E-state index contributed by atoms with van der Waals surface area (Å²) >= 11 is 0. The normalized spacial score (nSPS) is 12.8. The summed E-state index contributed by atoms with van der Waals surface area (Å²) in [6, 6.07) is 7.35. The smallest absolute Gasteiger partial charge is 0.303 e. The van der Waals surface area contributed by atoms with Gasteiger partial charge in [-0.2, -0.15) is 0 Å². The summed E-state index contributed by atoms with van der Waals surface area (Å²) < 4.78 is 0. The molecule has 0 saturated heterocycles. The standard InChI is InChI=1S/C16H23NO3/c1-11(9-15(19)20)12-5-7-13(8-6-12)17-14(18)10-16(2,3)4/h5-8,11H,9-10H2,1-4H3,(H,17,18)(H,19,20). The minimum Gasteiger partial charge on any atom is -0.481 e. The zero-order valence-corrected chi connectivity index (χ0v) is 12.6. The predicted octanol–water partition coefficient (Wildman–Crippen LogP) is 3.64. The van der Waals surface area contributed by atoms with E-state index in [1.165, 1.54) is 0 Å². The molecule has 0 saturated carbocycles. The van der Waals surface area contributed by atoms with E-state index in [1.54, 1.807) is 0 Å². The zero-order chi connectivity index (χ0) is 15.3. The first-order valence-electron chi connectivity index (χ1n) is 6.79. The zero-order valence-electron chi connectivity index (χ0n) is 12.6. The number of aliphatic carboxylic acids is 1. The molecule has 0 heterocycles. The van der Waals surface area contributed by atoms with E-state index >= 15 is 0 Å². The Morgan fingerprint density at radius 2 is 1.75 bits per heavy atom. The highest BCUT2D eigenvalue weighted by Crippen LogP contribution is 2.22. The number of amides is 1. The van der Waals surface area contributed by atoms with Crippen molar-refractivity contribution >= 4 is 17.6 Å². The summed E-state index contributed by atoms with van der Waals surface area (Å²) in [6.45, 7) is 7.93. The summed E-state index contributed by atoms with van der Waals surface area (Å²) in [6.07, 6.45) is 0.569. The van der Waals surface area contributed by atoms with E-state index in [1.807, 2.05) is 52.0 Å². The van der Waals surface area contributed by atoms with Crippen LogP contribution in [0.3, 0.4) is 0 Å². The third kappa shape index (κ3) is 5.87. The minimum atomic E-state index is -0.806. The number of hydrogen-bond acceptors (Lipinski definition) is 2. The second kappa shape index (κ2) is 6.55. The van der Waals surface area contributed by atoms with Gasteiger partial charge in [0, 0.05) is 12.1 Å². The van der Waals surface area contributed by atoms with Crippen LogP contribution in [0.4, 0.5) is 5.69 Å². The highest BCUT2D eigenvalue weighted by Gasteiger charge is 2.16. The molecule has 0 spiro atoms. The fourth-order valence-corrected chi connectivity index (χ4v) is 1.96. The molecule has 1 unspecified atom stereocenters. The number of carbonyl (C=O) groups is 2. The van der Waals surface area contributed by atoms with Crippen molar-refractivity contribution in [1.29, 1.82) is 0 Å². The molecule has 0 aromatic heterocycles. The van der Waals surface area contributed by atoms with Crippen LogP contribution in [0, 0.1) is 5.41 Å². The maximum Gasteiger partial charge on any atom is 0.303 e. The van der Waals surface area contributed by atoms with Crippen molar-refractivity contribution < 1.29 is 14.7 Å². The molecule has 1 aromatic rings. The molecule has 2 N–H and O–H groups in total. The van der Waals surface area contributed by atoms with E-state index in [-0.39, 0.29) is 23.7 Å². The van der Waals surface area contributed by atoms with Gasteiger partial charge in [-0.3, -0.25) is 9.59 Å². The van der Waals surface area contributed by atoms with Crippen LogP contribution in [0.25, 0.3) is 0 Å². The maximum atomic E-state index is 11.8. The lowest BCUT2D eigenvalue weighted by molar-refractivity contribution is -0.137. The second-order valence-corrected chi connectivity index (χ2v) is 6.41. The van der Waals surface area contributed by atoms with Gasteiger partial charge in [0.1, 0.15) is 0 Å². The van der Waals surface area contributed by atoms with Gasteiger partial charge in [0.05, 0.1) is 6.42 Å². The molecule has 0 aliphatic carbocycles. The van der Waals surface area contributed by atoms with Crippen LogP contribution >= 0.6 is 0 Å². The van der Waals surface area contributed by atoms with E-state index in [0.29, 0.717) is 6.42 Å². The summed E-state index contributed by atoms with van der Waals surface area (Å²) in [4.78, 5) is 22.5. The number of anilines is 1. The maximum absolute atomic E-state index is 11.8. The molecule has 20 heavy (non-hydrogen) atoms. The molecular weight excluding hydrogens is 254 g/mol. The van der Waals surface area contributed by atoms with Crippen LogP contribution in [-0.4, -0.2) is 17.0 Å². The summed E-state index contributed by atoms with van der Waals surface area (Å²) in [7, 11) is 0. The van der Waals surface area contributed by atoms with Crippen molar-refractivity contribution in [2.75, 3.05) is 5.32 Å². The van der Waals surface area contributed by atoms with Crippen LogP contribution in [0.1, 0.15) is 52.0 Å². The predicted molar refractivity (Wildman–Crippen MR) is 79.8 cm³/mol. The Morgan fingerprint density at radius 3 is 2.20 bits per heavy atom. The lowest BCUT2D eigenvalue weighted by Gasteiger charge is -2.17. The van der Waals surface area contributed by atoms with Crippen LogP contribution < -0.4 is 5.32 Å². The van der Waals surface area contributed by atoms with Gasteiger partial charge in [-0.15, -0.1) is 0 Å². The molecule has 0 bridgehead atoms.